The second-order valence-corrected chi connectivity index (χ2v) is 2.82. The number of alkyl halides is 2. The Morgan fingerprint density at radius 2 is 2.12 bits per heavy atom. The van der Waals surface area contributed by atoms with Gasteiger partial charge in [-0.05, 0) is 6.07 Å². The molecular formula is C9H10F2N2O3. The van der Waals surface area contributed by atoms with Gasteiger partial charge >= 0.3 is 5.97 Å². The minimum absolute atomic E-state index is 0.0644. The molecule has 0 saturated carbocycles. The Morgan fingerprint density at radius 3 is 2.56 bits per heavy atom. The van der Waals surface area contributed by atoms with E-state index in [0.29, 0.717) is 0 Å². The highest BCUT2D eigenvalue weighted by atomic mass is 19.3. The number of esters is 1. The fraction of sp³-hybridized carbons (Fsp3) is 0.333. The monoisotopic (exact) mass is 232 g/mol. The predicted octanol–water partition coefficient (Wildman–Crippen LogP) is 1.40. The number of pyridine rings is 1. The van der Waals surface area contributed by atoms with E-state index >= 15 is 0 Å². The summed E-state index contributed by atoms with van der Waals surface area (Å²) in [5.74, 6) is -1.06. The Morgan fingerprint density at radius 1 is 1.50 bits per heavy atom. The number of rotatable bonds is 3. The molecule has 0 fully saturated rings. The van der Waals surface area contributed by atoms with Crippen molar-refractivity contribution in [3.8, 4) is 5.88 Å². The highest BCUT2D eigenvalue weighted by molar-refractivity contribution is 5.89. The number of methoxy groups -OCH3 is 2. The van der Waals surface area contributed by atoms with Gasteiger partial charge in [-0.1, -0.05) is 0 Å². The van der Waals surface area contributed by atoms with Crippen molar-refractivity contribution in [2.45, 2.75) is 6.43 Å². The summed E-state index contributed by atoms with van der Waals surface area (Å²) in [5, 5.41) is 0. The third-order valence-corrected chi connectivity index (χ3v) is 1.85. The number of halogens is 2. The van der Waals surface area contributed by atoms with Crippen molar-refractivity contribution < 1.29 is 23.0 Å². The first kappa shape index (κ1) is 12.2. The maximum absolute atomic E-state index is 12.6. The molecule has 0 atom stereocenters. The van der Waals surface area contributed by atoms with Gasteiger partial charge in [0, 0.05) is 0 Å². The zero-order valence-corrected chi connectivity index (χ0v) is 8.66. The predicted molar refractivity (Wildman–Crippen MR) is 51.5 cm³/mol. The lowest BCUT2D eigenvalue weighted by molar-refractivity contribution is 0.0580. The van der Waals surface area contributed by atoms with Crippen molar-refractivity contribution in [3.63, 3.8) is 0 Å². The Labute approximate surface area is 90.2 Å². The van der Waals surface area contributed by atoms with Crippen LogP contribution in [0, 0.1) is 0 Å². The molecule has 0 amide bonds. The smallest absolute Gasteiger partial charge is 0.357 e. The first-order valence-electron chi connectivity index (χ1n) is 4.22. The molecule has 1 heterocycles. The molecule has 0 aliphatic heterocycles. The fourth-order valence-corrected chi connectivity index (χ4v) is 1.12. The maximum Gasteiger partial charge on any atom is 0.357 e. The average molecular weight is 232 g/mol. The van der Waals surface area contributed by atoms with Gasteiger partial charge in [0.2, 0.25) is 5.88 Å². The van der Waals surface area contributed by atoms with Crippen LogP contribution in [-0.2, 0) is 4.74 Å². The van der Waals surface area contributed by atoms with Crippen LogP contribution in [-0.4, -0.2) is 25.2 Å². The van der Waals surface area contributed by atoms with Gasteiger partial charge in [0.25, 0.3) is 6.43 Å². The molecule has 0 radical (unpaired) electrons. The van der Waals surface area contributed by atoms with E-state index < -0.39 is 23.7 Å². The van der Waals surface area contributed by atoms with Crippen LogP contribution in [0.4, 0.5) is 14.5 Å². The lowest BCUT2D eigenvalue weighted by atomic mass is 10.2. The lowest BCUT2D eigenvalue weighted by Crippen LogP contribution is -2.11. The van der Waals surface area contributed by atoms with E-state index in [2.05, 4.69) is 9.72 Å². The van der Waals surface area contributed by atoms with Crippen LogP contribution in [0.5, 0.6) is 5.88 Å². The number of carbonyl (C=O) groups is 1. The van der Waals surface area contributed by atoms with Crippen LogP contribution in [0.3, 0.4) is 0 Å². The number of nitrogens with two attached hydrogens (primary N) is 1. The second-order valence-electron chi connectivity index (χ2n) is 2.82. The molecule has 0 aliphatic rings. The third kappa shape index (κ3) is 2.18. The van der Waals surface area contributed by atoms with Crippen LogP contribution in [0.2, 0.25) is 0 Å². The van der Waals surface area contributed by atoms with Gasteiger partial charge in [-0.15, -0.1) is 0 Å². The molecule has 7 heteroatoms. The van der Waals surface area contributed by atoms with E-state index in [4.69, 9.17) is 10.5 Å². The van der Waals surface area contributed by atoms with Crippen molar-refractivity contribution in [1.29, 1.82) is 0 Å². The maximum atomic E-state index is 12.6. The van der Waals surface area contributed by atoms with Gasteiger partial charge in [-0.25, -0.2) is 18.6 Å². The van der Waals surface area contributed by atoms with Gasteiger partial charge in [-0.2, -0.15) is 0 Å². The highest BCUT2D eigenvalue weighted by Gasteiger charge is 2.23. The van der Waals surface area contributed by atoms with Crippen LogP contribution in [0.15, 0.2) is 6.07 Å². The molecule has 0 bridgehead atoms. The normalized spacial score (nSPS) is 10.3. The minimum Gasteiger partial charge on any atom is -0.480 e. The summed E-state index contributed by atoms with van der Waals surface area (Å²) in [4.78, 5) is 14.8. The highest BCUT2D eigenvalue weighted by Crippen LogP contribution is 2.29. The van der Waals surface area contributed by atoms with Gasteiger partial charge in [0.15, 0.2) is 5.69 Å². The van der Waals surface area contributed by atoms with Crippen LogP contribution < -0.4 is 10.5 Å². The summed E-state index contributed by atoms with van der Waals surface area (Å²) in [5.41, 5.74) is 4.27. The lowest BCUT2D eigenvalue weighted by Gasteiger charge is -2.10. The molecule has 0 spiro atoms. The summed E-state index contributed by atoms with van der Waals surface area (Å²) in [6, 6.07) is 0.947. The van der Waals surface area contributed by atoms with Gasteiger partial charge < -0.3 is 15.2 Å². The van der Waals surface area contributed by atoms with E-state index in [9.17, 15) is 13.6 Å². The van der Waals surface area contributed by atoms with Crippen molar-refractivity contribution in [1.82, 2.24) is 4.98 Å². The van der Waals surface area contributed by atoms with Crippen molar-refractivity contribution >= 4 is 11.7 Å². The molecule has 1 rings (SSSR count). The first-order chi connectivity index (χ1) is 7.51. The first-order valence-corrected chi connectivity index (χ1v) is 4.22. The summed E-state index contributed by atoms with van der Waals surface area (Å²) in [6.07, 6.45) is -2.87. The number of aromatic nitrogens is 1. The molecule has 0 aromatic carbocycles. The third-order valence-electron chi connectivity index (χ3n) is 1.85. The number of nitrogens with zero attached hydrogens (tertiary/aromatic N) is 1. The fourth-order valence-electron chi connectivity index (χ4n) is 1.12. The van der Waals surface area contributed by atoms with E-state index in [1.54, 1.807) is 0 Å². The summed E-state index contributed by atoms with van der Waals surface area (Å²) in [7, 11) is 2.34. The number of anilines is 1. The van der Waals surface area contributed by atoms with Crippen molar-refractivity contribution in [2.24, 2.45) is 0 Å². The quantitative estimate of drug-likeness (QED) is 0.797. The Balaban J connectivity index is 3.36. The molecule has 1 aromatic heterocycles. The molecule has 0 unspecified atom stereocenters. The topological polar surface area (TPSA) is 74.4 Å². The van der Waals surface area contributed by atoms with Gasteiger partial charge in [-0.3, -0.25) is 0 Å². The number of carbonyl (C=O) groups excluding carboxylic acids is 1. The number of ether oxygens (including phenoxy) is 2. The number of hydrogen-bond acceptors (Lipinski definition) is 5. The SMILES string of the molecule is COC(=O)c1nc(OC)c(N)cc1C(F)F. The molecular weight excluding hydrogens is 222 g/mol. The molecule has 1 aromatic rings. The van der Waals surface area contributed by atoms with Crippen molar-refractivity contribution in [3.05, 3.63) is 17.3 Å². The van der Waals surface area contributed by atoms with E-state index in [-0.39, 0.29) is 11.6 Å². The Bertz CT molecular complexity index is 410. The van der Waals surface area contributed by atoms with E-state index in [1.807, 2.05) is 0 Å². The summed E-state index contributed by atoms with van der Waals surface area (Å²) < 4.78 is 34.3. The van der Waals surface area contributed by atoms with E-state index in [1.165, 1.54) is 7.11 Å². The van der Waals surface area contributed by atoms with Crippen LogP contribution in [0.25, 0.3) is 0 Å². The minimum atomic E-state index is -2.87. The Kier molecular flexibility index (Phi) is 3.60. The standard InChI is InChI=1S/C9H10F2N2O3/c1-15-8-5(12)3-4(7(10)11)6(13-8)9(14)16-2/h3,7H,12H2,1-2H3. The number of hydrogen-bond donors (Lipinski definition) is 1. The zero-order valence-electron chi connectivity index (χ0n) is 8.66. The van der Waals surface area contributed by atoms with Crippen LogP contribution in [0.1, 0.15) is 22.5 Å². The Hall–Kier alpha value is -1.92. The molecule has 16 heavy (non-hydrogen) atoms. The number of nitrogen functional groups attached to an aromatic ring is 1. The zero-order chi connectivity index (χ0) is 12.3. The largest absolute Gasteiger partial charge is 0.480 e. The van der Waals surface area contributed by atoms with Crippen LogP contribution >= 0.6 is 0 Å². The molecule has 0 aliphatic carbocycles. The second kappa shape index (κ2) is 4.73. The average Bonchev–Trinajstić information content (AvgIpc) is 2.27. The van der Waals surface area contributed by atoms with Gasteiger partial charge in [0.1, 0.15) is 0 Å². The molecule has 88 valence electrons. The molecule has 2 N–H and O–H groups in total. The van der Waals surface area contributed by atoms with E-state index in [0.717, 1.165) is 13.2 Å². The van der Waals surface area contributed by atoms with Crippen molar-refractivity contribution in [2.75, 3.05) is 20.0 Å². The summed E-state index contributed by atoms with van der Waals surface area (Å²) in [6.45, 7) is 0. The van der Waals surface area contributed by atoms with Gasteiger partial charge in [0.05, 0.1) is 25.5 Å². The molecule has 0 saturated heterocycles. The molecule has 5 nitrogen and oxygen atoms in total. The summed E-state index contributed by atoms with van der Waals surface area (Å²) >= 11 is 0.